The first-order valence-electron chi connectivity index (χ1n) is 29.5. The van der Waals surface area contributed by atoms with Gasteiger partial charge in [0, 0.05) is 64.3 Å². The Morgan fingerprint density at radius 2 is 1.14 bits per heavy atom. The highest BCUT2D eigenvalue weighted by atomic mass is 32.2. The zero-order valence-electron chi connectivity index (χ0n) is 53.0. The zero-order chi connectivity index (χ0) is 66.8. The number of imidazole rings is 2. The van der Waals surface area contributed by atoms with Gasteiger partial charge in [-0.25, -0.2) is 67.6 Å². The maximum absolute atomic E-state index is 14.1. The molecule has 10 rings (SSSR count). The number of nitrogens with zero attached hydrogens (tertiary/aromatic N) is 13. The summed E-state index contributed by atoms with van der Waals surface area (Å²) in [6.07, 6.45) is 6.67. The second-order valence-electron chi connectivity index (χ2n) is 24.3. The first-order valence-corrected chi connectivity index (χ1v) is 33.0. The number of pyridine rings is 2. The molecule has 0 unspecified atom stereocenters. The van der Waals surface area contributed by atoms with E-state index in [1.54, 1.807) is 70.7 Å². The number of carbonyl (C=O) groups is 3. The lowest BCUT2D eigenvalue weighted by molar-refractivity contribution is 0.0242. The number of hydrogen-bond donors (Lipinski definition) is 4. The largest absolute Gasteiger partial charge is 0.444 e. The molecule has 0 aliphatic rings. The molecule has 0 spiro atoms. The molecule has 0 aliphatic carbocycles. The van der Waals surface area contributed by atoms with E-state index in [4.69, 9.17) is 33.3 Å². The van der Waals surface area contributed by atoms with Crippen LogP contribution >= 0.6 is 22.7 Å². The zero-order valence-corrected chi connectivity index (χ0v) is 55.4. The van der Waals surface area contributed by atoms with Crippen LogP contribution in [0.1, 0.15) is 106 Å². The molecule has 8 heterocycles. The van der Waals surface area contributed by atoms with Crippen molar-refractivity contribution in [2.24, 2.45) is 0 Å². The number of H-pyrrole nitrogens is 1. The van der Waals surface area contributed by atoms with E-state index in [2.05, 4.69) is 50.5 Å². The predicted octanol–water partition coefficient (Wildman–Crippen LogP) is 10.5. The lowest BCUT2D eigenvalue weighted by Gasteiger charge is -2.27. The Labute approximate surface area is 542 Å². The highest BCUT2D eigenvalue weighted by Crippen LogP contribution is 2.29. The summed E-state index contributed by atoms with van der Waals surface area (Å²) in [7, 11) is -3.68. The van der Waals surface area contributed by atoms with Crippen LogP contribution < -0.4 is 10.6 Å². The molecule has 10 aromatic rings. The van der Waals surface area contributed by atoms with Crippen LogP contribution in [0.5, 0.6) is 0 Å². The molecule has 2 aromatic carbocycles. The van der Waals surface area contributed by atoms with Gasteiger partial charge >= 0.3 is 18.3 Å². The van der Waals surface area contributed by atoms with Crippen LogP contribution in [0.3, 0.4) is 0 Å². The number of carbonyl (C=O) groups excluding carboxylic acids is 3. The molecular formula is C62H72F2N16O10S3. The quantitative estimate of drug-likeness (QED) is 0.0362. The first-order chi connectivity index (χ1) is 44.0. The molecule has 492 valence electrons. The number of fused-ring (bicyclic) bond motifs is 4. The highest BCUT2D eigenvalue weighted by molar-refractivity contribution is 7.85. The molecule has 93 heavy (non-hydrogen) atoms. The third kappa shape index (κ3) is 19.3. The van der Waals surface area contributed by atoms with E-state index in [0.717, 1.165) is 33.7 Å². The number of anilines is 2. The van der Waals surface area contributed by atoms with Gasteiger partial charge in [0.05, 0.1) is 76.0 Å². The molecule has 8 aromatic heterocycles. The molecule has 4 N–H and O–H groups in total. The minimum absolute atomic E-state index is 0.0472. The van der Waals surface area contributed by atoms with Gasteiger partial charge in [-0.15, -0.1) is 0 Å². The van der Waals surface area contributed by atoms with Crippen molar-refractivity contribution < 1.29 is 55.1 Å². The van der Waals surface area contributed by atoms with Crippen molar-refractivity contribution >= 4 is 105 Å². The lowest BCUT2D eigenvalue weighted by atomic mass is 10.2. The van der Waals surface area contributed by atoms with Gasteiger partial charge in [-0.3, -0.25) is 14.2 Å². The number of nitrogens with one attached hydrogen (secondary N) is 3. The third-order valence-corrected chi connectivity index (χ3v) is 15.9. The molecule has 0 saturated carbocycles. The van der Waals surface area contributed by atoms with Crippen molar-refractivity contribution in [3.05, 3.63) is 142 Å². The van der Waals surface area contributed by atoms with E-state index in [0.29, 0.717) is 92.1 Å². The summed E-state index contributed by atoms with van der Waals surface area (Å²) >= 11 is 2.76. The Bertz CT molecular complexity index is 4410. The van der Waals surface area contributed by atoms with Crippen molar-refractivity contribution in [3.63, 3.8) is 0 Å². The second kappa shape index (κ2) is 29.3. The van der Waals surface area contributed by atoms with Crippen LogP contribution in [0.4, 0.5) is 34.8 Å². The molecule has 0 aliphatic heterocycles. The fourth-order valence-electron chi connectivity index (χ4n) is 9.12. The smallest absolute Gasteiger partial charge is 0.420 e. The Kier molecular flexibility index (Phi) is 21.5. The van der Waals surface area contributed by atoms with Gasteiger partial charge in [0.15, 0.2) is 11.6 Å². The van der Waals surface area contributed by atoms with E-state index in [1.165, 1.54) is 75.4 Å². The Morgan fingerprint density at radius 1 is 0.624 bits per heavy atom. The highest BCUT2D eigenvalue weighted by Gasteiger charge is 2.28. The minimum atomic E-state index is -3.68. The second-order valence-corrected chi connectivity index (χ2v) is 28.1. The molecule has 0 saturated heterocycles. The number of amides is 2. The number of aliphatic hydroxyl groups is 1. The number of thiazole rings is 2. The van der Waals surface area contributed by atoms with Gasteiger partial charge in [0.1, 0.15) is 73.4 Å². The molecule has 0 bridgehead atoms. The van der Waals surface area contributed by atoms with Crippen molar-refractivity contribution in [1.29, 1.82) is 0 Å². The van der Waals surface area contributed by atoms with Crippen molar-refractivity contribution in [2.75, 3.05) is 43.1 Å². The van der Waals surface area contributed by atoms with Gasteiger partial charge in [0.2, 0.25) is 0 Å². The topological polar surface area (TPSA) is 323 Å². The van der Waals surface area contributed by atoms with Crippen LogP contribution in [0.2, 0.25) is 0 Å². The fourth-order valence-corrected chi connectivity index (χ4v) is 11.3. The van der Waals surface area contributed by atoms with E-state index < -0.39 is 56.8 Å². The van der Waals surface area contributed by atoms with Crippen LogP contribution in [0.15, 0.2) is 85.7 Å². The van der Waals surface area contributed by atoms with E-state index in [9.17, 15) is 36.7 Å². The Morgan fingerprint density at radius 3 is 1.65 bits per heavy atom. The Hall–Kier alpha value is -9.04. The van der Waals surface area contributed by atoms with E-state index in [1.807, 2.05) is 39.0 Å². The van der Waals surface area contributed by atoms with E-state index in [-0.39, 0.29) is 57.2 Å². The SMILES string of the molecule is CC(C)(C)OC(=O)N(CCc1nc2c(NCc3ncccc3F)ncnc2s1)CCc1nc2cc(COS(C)(=O)=O)ccc2n1C(=O)OC(C)(C)C.CC(C)(C)OC(=O)N(CCc1nc2ccc(CO)cc2[nH]1)CCc1nc2c(NCc3ncccc3F)ncnc2s1. The van der Waals surface area contributed by atoms with Crippen LogP contribution in [0.25, 0.3) is 42.8 Å². The average Bonchev–Trinajstić information content (AvgIpc) is 1.66. The van der Waals surface area contributed by atoms with E-state index >= 15 is 0 Å². The van der Waals surface area contributed by atoms with Crippen molar-refractivity contribution in [3.8, 4) is 0 Å². The summed E-state index contributed by atoms with van der Waals surface area (Å²) in [6.45, 7) is 17.2. The van der Waals surface area contributed by atoms with Crippen LogP contribution in [-0.4, -0.2) is 150 Å². The Balaban J connectivity index is 0.000000225. The normalized spacial score (nSPS) is 12.1. The molecule has 31 heteroatoms. The molecule has 26 nitrogen and oxygen atoms in total. The van der Waals surface area contributed by atoms with Gasteiger partial charge < -0.3 is 44.7 Å². The van der Waals surface area contributed by atoms with Crippen molar-refractivity contribution in [1.82, 2.24) is 69.2 Å². The first kappa shape index (κ1) is 68.3. The number of benzene rings is 2. The number of ether oxygens (including phenoxy) is 3. The lowest BCUT2D eigenvalue weighted by Crippen LogP contribution is -2.39. The maximum Gasteiger partial charge on any atom is 0.420 e. The van der Waals surface area contributed by atoms with Crippen LogP contribution in [-0.2, 0) is 80.5 Å². The fraction of sp³-hybridized carbons (Fsp3) is 0.403. The number of aromatic nitrogens is 12. The van der Waals surface area contributed by atoms with Gasteiger partial charge in [-0.2, -0.15) is 8.42 Å². The maximum atomic E-state index is 14.1. The number of aromatic amines is 1. The predicted molar refractivity (Wildman–Crippen MR) is 347 cm³/mol. The van der Waals surface area contributed by atoms with Gasteiger partial charge in [-0.1, -0.05) is 34.8 Å². The van der Waals surface area contributed by atoms with Crippen LogP contribution in [0, 0.1) is 11.6 Å². The third-order valence-electron chi connectivity index (χ3n) is 13.3. The molecular weight excluding hydrogens is 1260 g/mol. The summed E-state index contributed by atoms with van der Waals surface area (Å²) in [5, 5.41) is 17.1. The number of aliphatic hydroxyl groups excluding tert-OH is 1. The summed E-state index contributed by atoms with van der Waals surface area (Å²) < 4.78 is 74.7. The minimum Gasteiger partial charge on any atom is -0.444 e. The summed E-state index contributed by atoms with van der Waals surface area (Å²) in [5.41, 5.74) is 3.22. The van der Waals surface area contributed by atoms with Crippen molar-refractivity contribution in [2.45, 2.75) is 131 Å². The monoisotopic (exact) mass is 1330 g/mol. The molecule has 0 atom stereocenters. The summed E-state index contributed by atoms with van der Waals surface area (Å²) in [6, 6.07) is 16.2. The van der Waals surface area contributed by atoms with Gasteiger partial charge in [-0.05, 0) is 122 Å². The summed E-state index contributed by atoms with van der Waals surface area (Å²) in [5.74, 6) is 1.14. The summed E-state index contributed by atoms with van der Waals surface area (Å²) in [4.78, 5) is 91.9. The molecule has 0 radical (unpaired) electrons. The number of hydrogen-bond acceptors (Lipinski definition) is 24. The van der Waals surface area contributed by atoms with Gasteiger partial charge in [0.25, 0.3) is 10.1 Å². The molecule has 2 amide bonds. The number of rotatable bonds is 22. The average molecular weight is 1340 g/mol. The number of halogens is 2. The standard InChI is InChI=1S/C34H41FN8O7S2.C28H31FN8O3S/c1-33(2,3)49-31(44)42(16-13-27-41-28-29(38-20-39-30(28)51-27)37-18-24-22(35)9-8-14-36-24)15-12-26-40-23-17-21(19-48-52(7,46)47)10-11-25(23)43(26)32(45)50-34(4,5)6;1-28(2,3)40-27(39)37(11-8-22-34-19-7-6-17(15-38)13-20(19)35-22)12-9-23-36-24-25(32-16-33-26(24)41-23)31-14-21-18(29)5-4-10-30-21/h8-11,14,17,20H,12-13,15-16,18-19H2,1-7H3,(H,37,38,39);4-7,10,13,16,38H,8-9,11-12,14-15H2,1-3H3,(H,34,35)(H,31,32,33). The molecule has 0 fully saturated rings.